The Kier molecular flexibility index (Phi) is 3.92. The number of amides is 1. The second-order valence-electron chi connectivity index (χ2n) is 2.77. The van der Waals surface area contributed by atoms with Gasteiger partial charge in [-0.1, -0.05) is 0 Å². The van der Waals surface area contributed by atoms with Crippen LogP contribution in [0.15, 0.2) is 12.0 Å². The van der Waals surface area contributed by atoms with E-state index in [1.54, 1.807) is 0 Å². The van der Waals surface area contributed by atoms with Crippen molar-refractivity contribution in [1.82, 2.24) is 5.32 Å². The van der Waals surface area contributed by atoms with Crippen LogP contribution in [-0.4, -0.2) is 48.0 Å². The number of carboxylic acid groups (broad SMARTS) is 1. The first-order valence-electron chi connectivity index (χ1n) is 4.25. The summed E-state index contributed by atoms with van der Waals surface area (Å²) in [5.74, 6) is -2.04. The number of nitrogens with one attached hydrogen (secondary N) is 1. The van der Waals surface area contributed by atoms with E-state index in [1.807, 2.05) is 0 Å². The van der Waals surface area contributed by atoms with Crippen molar-refractivity contribution >= 4 is 11.9 Å². The first-order valence-corrected chi connectivity index (χ1v) is 4.25. The van der Waals surface area contributed by atoms with Crippen molar-refractivity contribution in [2.24, 2.45) is 0 Å². The average molecular weight is 217 g/mol. The first-order chi connectivity index (χ1) is 7.11. The molecule has 0 spiro atoms. The van der Waals surface area contributed by atoms with E-state index in [1.165, 1.54) is 0 Å². The molecule has 15 heavy (non-hydrogen) atoms. The van der Waals surface area contributed by atoms with Gasteiger partial charge in [0.15, 0.2) is 6.10 Å². The van der Waals surface area contributed by atoms with Crippen molar-refractivity contribution in [3.63, 3.8) is 0 Å². The van der Waals surface area contributed by atoms with E-state index < -0.39 is 18.0 Å². The topological polar surface area (TPSA) is 105 Å². The summed E-state index contributed by atoms with van der Waals surface area (Å²) in [6, 6.07) is 0. The average Bonchev–Trinajstić information content (AvgIpc) is 2.26. The van der Waals surface area contributed by atoms with E-state index in [0.29, 0.717) is 6.61 Å². The van der Waals surface area contributed by atoms with Crippen LogP contribution in [0.1, 0.15) is 0 Å². The van der Waals surface area contributed by atoms with Crippen molar-refractivity contribution in [1.29, 1.82) is 0 Å². The van der Waals surface area contributed by atoms with Gasteiger partial charge in [0.2, 0.25) is 5.76 Å². The number of rotatable bonds is 4. The zero-order valence-electron chi connectivity index (χ0n) is 7.80. The molecule has 0 unspecified atom stereocenters. The Morgan fingerprint density at radius 1 is 1.53 bits per heavy atom. The largest absolute Gasteiger partial charge is 0.494 e. The lowest BCUT2D eigenvalue weighted by atomic mass is 10.3. The van der Waals surface area contributed by atoms with Gasteiger partial charge in [0.25, 0.3) is 5.91 Å². The number of aliphatic hydroxyl groups excluding tert-OH is 1. The summed E-state index contributed by atoms with van der Waals surface area (Å²) < 4.78 is 9.76. The van der Waals surface area contributed by atoms with Crippen molar-refractivity contribution in [2.45, 2.75) is 6.10 Å². The zero-order chi connectivity index (χ0) is 11.3. The SMILES string of the molecule is O=C(NC[C@H](O)C(=O)O)C1=COCCO1. The smallest absolute Gasteiger partial charge is 0.334 e. The molecule has 0 saturated carbocycles. The van der Waals surface area contributed by atoms with E-state index in [9.17, 15) is 9.59 Å². The number of aliphatic carboxylic acids is 1. The molecule has 0 aromatic carbocycles. The molecule has 1 heterocycles. The number of carbonyl (C=O) groups is 2. The molecule has 1 atom stereocenters. The van der Waals surface area contributed by atoms with Crippen LogP contribution in [0.3, 0.4) is 0 Å². The fraction of sp³-hybridized carbons (Fsp3) is 0.500. The molecule has 84 valence electrons. The minimum absolute atomic E-state index is 0.0289. The summed E-state index contributed by atoms with van der Waals surface area (Å²) >= 11 is 0. The predicted molar refractivity (Wildman–Crippen MR) is 46.6 cm³/mol. The lowest BCUT2D eigenvalue weighted by Gasteiger charge is -2.15. The highest BCUT2D eigenvalue weighted by Gasteiger charge is 2.18. The van der Waals surface area contributed by atoms with Gasteiger partial charge < -0.3 is 25.0 Å². The van der Waals surface area contributed by atoms with Gasteiger partial charge in [-0.3, -0.25) is 4.79 Å². The molecule has 0 radical (unpaired) electrons. The van der Waals surface area contributed by atoms with Gasteiger partial charge in [0.1, 0.15) is 19.5 Å². The van der Waals surface area contributed by atoms with Gasteiger partial charge in [-0.15, -0.1) is 0 Å². The summed E-state index contributed by atoms with van der Waals surface area (Å²) in [5, 5.41) is 19.4. The van der Waals surface area contributed by atoms with Crippen LogP contribution in [0.25, 0.3) is 0 Å². The van der Waals surface area contributed by atoms with Crippen molar-refractivity contribution in [2.75, 3.05) is 19.8 Å². The predicted octanol–water partition coefficient (Wildman–Crippen LogP) is -1.56. The molecule has 7 nitrogen and oxygen atoms in total. The van der Waals surface area contributed by atoms with Gasteiger partial charge in [0, 0.05) is 0 Å². The minimum Gasteiger partial charge on any atom is -0.494 e. The molecular weight excluding hydrogens is 206 g/mol. The highest BCUT2D eigenvalue weighted by Crippen LogP contribution is 2.03. The normalized spacial score (nSPS) is 16.7. The summed E-state index contributed by atoms with van der Waals surface area (Å²) in [6.07, 6.45) is -0.481. The van der Waals surface area contributed by atoms with Crippen molar-refractivity contribution < 1.29 is 29.3 Å². The van der Waals surface area contributed by atoms with E-state index in [2.05, 4.69) is 5.32 Å². The van der Waals surface area contributed by atoms with Crippen LogP contribution >= 0.6 is 0 Å². The van der Waals surface area contributed by atoms with E-state index in [0.717, 1.165) is 6.26 Å². The molecule has 0 saturated heterocycles. The Balaban J connectivity index is 2.35. The number of carboxylic acids is 1. The number of aliphatic hydroxyl groups is 1. The van der Waals surface area contributed by atoms with Crippen LogP contribution in [0, 0.1) is 0 Å². The number of carbonyl (C=O) groups excluding carboxylic acids is 1. The fourth-order valence-corrected chi connectivity index (χ4v) is 0.851. The molecule has 1 amide bonds. The van der Waals surface area contributed by atoms with E-state index in [4.69, 9.17) is 19.7 Å². The van der Waals surface area contributed by atoms with Crippen molar-refractivity contribution in [3.05, 3.63) is 12.0 Å². The van der Waals surface area contributed by atoms with Crippen LogP contribution in [0.5, 0.6) is 0 Å². The van der Waals surface area contributed by atoms with E-state index in [-0.39, 0.29) is 18.9 Å². The molecule has 7 heteroatoms. The fourth-order valence-electron chi connectivity index (χ4n) is 0.851. The van der Waals surface area contributed by atoms with Crippen LogP contribution in [-0.2, 0) is 19.1 Å². The number of ether oxygens (including phenoxy) is 2. The van der Waals surface area contributed by atoms with Gasteiger partial charge in [-0.2, -0.15) is 0 Å². The third-order valence-electron chi connectivity index (χ3n) is 1.61. The molecule has 1 aliphatic heterocycles. The lowest BCUT2D eigenvalue weighted by Crippen LogP contribution is -2.38. The Hall–Kier alpha value is -1.76. The molecule has 0 aliphatic carbocycles. The summed E-state index contributed by atoms with van der Waals surface area (Å²) in [5.41, 5.74) is 0. The molecule has 0 fully saturated rings. The highest BCUT2D eigenvalue weighted by molar-refractivity contribution is 5.91. The monoisotopic (exact) mass is 217 g/mol. The second kappa shape index (κ2) is 5.20. The molecule has 0 aromatic heterocycles. The summed E-state index contributed by atoms with van der Waals surface area (Å²) in [4.78, 5) is 21.5. The lowest BCUT2D eigenvalue weighted by molar-refractivity contribution is -0.146. The molecule has 3 N–H and O–H groups in total. The Morgan fingerprint density at radius 2 is 2.27 bits per heavy atom. The maximum absolute atomic E-state index is 11.2. The first kappa shape index (κ1) is 11.3. The van der Waals surface area contributed by atoms with E-state index >= 15 is 0 Å². The quantitative estimate of drug-likeness (QED) is 0.525. The Bertz CT molecular complexity index is 287. The van der Waals surface area contributed by atoms with Gasteiger partial charge in [0.05, 0.1) is 6.54 Å². The maximum atomic E-state index is 11.2. The van der Waals surface area contributed by atoms with Crippen LogP contribution in [0.2, 0.25) is 0 Å². The van der Waals surface area contributed by atoms with Crippen LogP contribution < -0.4 is 5.32 Å². The molecule has 0 bridgehead atoms. The van der Waals surface area contributed by atoms with Gasteiger partial charge >= 0.3 is 5.97 Å². The van der Waals surface area contributed by atoms with Crippen molar-refractivity contribution in [3.8, 4) is 0 Å². The number of hydrogen-bond donors (Lipinski definition) is 3. The molecule has 1 rings (SSSR count). The molecule has 0 aromatic rings. The maximum Gasteiger partial charge on any atom is 0.334 e. The molecular formula is C8H11NO6. The van der Waals surface area contributed by atoms with Gasteiger partial charge in [-0.25, -0.2) is 4.79 Å². The zero-order valence-corrected chi connectivity index (χ0v) is 7.80. The van der Waals surface area contributed by atoms with Gasteiger partial charge in [-0.05, 0) is 0 Å². The standard InChI is InChI=1S/C8H11NO6/c10-5(8(12)13)3-9-7(11)6-4-14-1-2-15-6/h4-5,10H,1-3H2,(H,9,11)(H,12,13)/t5-/m0/s1. The second-order valence-corrected chi connectivity index (χ2v) is 2.77. The summed E-state index contributed by atoms with van der Waals surface area (Å²) in [6.45, 7) is 0.254. The summed E-state index contributed by atoms with van der Waals surface area (Å²) in [7, 11) is 0. The highest BCUT2D eigenvalue weighted by atomic mass is 16.6. The third-order valence-corrected chi connectivity index (χ3v) is 1.61. The third kappa shape index (κ3) is 3.47. The Labute approximate surface area is 85.3 Å². The number of hydrogen-bond acceptors (Lipinski definition) is 5. The Morgan fingerprint density at radius 3 is 2.80 bits per heavy atom. The van der Waals surface area contributed by atoms with Crippen LogP contribution in [0.4, 0.5) is 0 Å². The minimum atomic E-state index is -1.63. The molecule has 1 aliphatic rings.